The Morgan fingerprint density at radius 3 is 2.85 bits per heavy atom. The van der Waals surface area contributed by atoms with E-state index in [1.807, 2.05) is 19.1 Å². The summed E-state index contributed by atoms with van der Waals surface area (Å²) in [6.07, 6.45) is 1.56. The van der Waals surface area contributed by atoms with Crippen LogP contribution in [0.4, 0.5) is 0 Å². The third-order valence-corrected chi connectivity index (χ3v) is 5.56. The van der Waals surface area contributed by atoms with Gasteiger partial charge in [0.05, 0.1) is 24.7 Å². The summed E-state index contributed by atoms with van der Waals surface area (Å²) in [5.74, 6) is 0.782. The summed E-state index contributed by atoms with van der Waals surface area (Å²) in [7, 11) is 3.70. The number of aliphatic hydroxyl groups excluding tert-OH is 1. The van der Waals surface area contributed by atoms with Gasteiger partial charge in [-0.3, -0.25) is 0 Å². The van der Waals surface area contributed by atoms with E-state index in [0.717, 1.165) is 30.7 Å². The van der Waals surface area contributed by atoms with Gasteiger partial charge in [0.25, 0.3) is 0 Å². The van der Waals surface area contributed by atoms with Crippen molar-refractivity contribution in [3.05, 3.63) is 29.3 Å². The molecule has 1 saturated heterocycles. The van der Waals surface area contributed by atoms with E-state index in [1.54, 1.807) is 7.11 Å². The second-order valence-electron chi connectivity index (χ2n) is 6.36. The molecule has 3 rings (SSSR count). The number of fused-ring (bicyclic) bond motifs is 4. The van der Waals surface area contributed by atoms with Crippen LogP contribution in [0, 0.1) is 0 Å². The molecule has 2 bridgehead atoms. The van der Waals surface area contributed by atoms with E-state index >= 15 is 0 Å². The molecule has 1 aromatic carbocycles. The number of piperidine rings is 1. The first kappa shape index (κ1) is 13.9. The zero-order valence-corrected chi connectivity index (χ0v) is 12.4. The number of rotatable bonds is 2. The summed E-state index contributed by atoms with van der Waals surface area (Å²) < 4.78 is 5.32. The first-order valence-electron chi connectivity index (χ1n) is 7.17. The van der Waals surface area contributed by atoms with Crippen molar-refractivity contribution < 1.29 is 14.9 Å². The lowest BCUT2D eigenvalue weighted by molar-refractivity contribution is -0.141. The molecule has 4 heteroatoms. The Kier molecular flexibility index (Phi) is 3.08. The molecule has 1 heterocycles. The molecule has 0 aromatic heterocycles. The highest BCUT2D eigenvalue weighted by atomic mass is 16.5. The predicted molar refractivity (Wildman–Crippen MR) is 77.1 cm³/mol. The number of likely N-dealkylation sites (N-methyl/N-ethyl adjacent to an activating group) is 1. The third-order valence-electron chi connectivity index (χ3n) is 5.56. The first-order chi connectivity index (χ1) is 9.46. The molecule has 3 unspecified atom stereocenters. The second kappa shape index (κ2) is 4.45. The minimum Gasteiger partial charge on any atom is -0.497 e. The number of hydrogen-bond donors (Lipinski definition) is 2. The first-order valence-corrected chi connectivity index (χ1v) is 7.17. The van der Waals surface area contributed by atoms with Gasteiger partial charge < -0.3 is 19.8 Å². The fourth-order valence-electron chi connectivity index (χ4n) is 4.12. The minimum atomic E-state index is -0.936. The van der Waals surface area contributed by atoms with Crippen LogP contribution in [0.2, 0.25) is 0 Å². The number of ether oxygens (including phenoxy) is 1. The van der Waals surface area contributed by atoms with Crippen LogP contribution in [0.1, 0.15) is 24.5 Å². The van der Waals surface area contributed by atoms with Crippen LogP contribution in [0.3, 0.4) is 0 Å². The minimum absolute atomic E-state index is 0.0372. The van der Waals surface area contributed by atoms with E-state index in [4.69, 9.17) is 4.74 Å². The van der Waals surface area contributed by atoms with Gasteiger partial charge in [0.2, 0.25) is 0 Å². The average molecular weight is 277 g/mol. The van der Waals surface area contributed by atoms with Crippen molar-refractivity contribution in [3.63, 3.8) is 0 Å². The standard InChI is InChI=1S/C16H23NO3/c1-15(19)14-8-11-4-5-12(20-3)9-13(11)16(15,10-18)6-7-17(14)2/h4-5,9,14,18-19H,6-8,10H2,1-3H3. The highest BCUT2D eigenvalue weighted by Crippen LogP contribution is 2.51. The quantitative estimate of drug-likeness (QED) is 0.844. The Bertz CT molecular complexity index is 528. The van der Waals surface area contributed by atoms with Gasteiger partial charge in [-0.1, -0.05) is 6.07 Å². The van der Waals surface area contributed by atoms with E-state index in [2.05, 4.69) is 18.0 Å². The number of aliphatic hydroxyl groups is 2. The summed E-state index contributed by atoms with van der Waals surface area (Å²) in [5, 5.41) is 21.2. The molecule has 2 aliphatic rings. The molecule has 3 atom stereocenters. The fraction of sp³-hybridized carbons (Fsp3) is 0.625. The van der Waals surface area contributed by atoms with Crippen LogP contribution < -0.4 is 4.74 Å². The van der Waals surface area contributed by atoms with Gasteiger partial charge in [-0.2, -0.15) is 0 Å². The predicted octanol–water partition coefficient (Wildman–Crippen LogP) is 0.936. The van der Waals surface area contributed by atoms with Crippen LogP contribution in [-0.2, 0) is 11.8 Å². The van der Waals surface area contributed by atoms with Crippen molar-refractivity contribution in [1.82, 2.24) is 4.90 Å². The van der Waals surface area contributed by atoms with Crippen LogP contribution in [0.5, 0.6) is 5.75 Å². The van der Waals surface area contributed by atoms with Crippen LogP contribution in [0.25, 0.3) is 0 Å². The molecule has 1 aliphatic heterocycles. The van der Waals surface area contributed by atoms with E-state index in [-0.39, 0.29) is 12.6 Å². The molecular weight excluding hydrogens is 254 g/mol. The molecule has 0 radical (unpaired) electrons. The molecule has 1 fully saturated rings. The maximum absolute atomic E-state index is 11.1. The Labute approximate surface area is 120 Å². The lowest BCUT2D eigenvalue weighted by atomic mass is 9.55. The third kappa shape index (κ3) is 1.59. The Hall–Kier alpha value is -1.10. The second-order valence-corrected chi connectivity index (χ2v) is 6.36. The summed E-state index contributed by atoms with van der Waals surface area (Å²) in [4.78, 5) is 2.21. The normalized spacial score (nSPS) is 36.5. The lowest BCUT2D eigenvalue weighted by Gasteiger charge is -2.59. The molecule has 1 aliphatic carbocycles. The van der Waals surface area contributed by atoms with Gasteiger partial charge in [-0.25, -0.2) is 0 Å². The van der Waals surface area contributed by atoms with Gasteiger partial charge in [0, 0.05) is 6.04 Å². The van der Waals surface area contributed by atoms with Crippen LogP contribution in [-0.4, -0.2) is 54.1 Å². The maximum atomic E-state index is 11.1. The van der Waals surface area contributed by atoms with Crippen LogP contribution in [0.15, 0.2) is 18.2 Å². The summed E-state index contributed by atoms with van der Waals surface area (Å²) in [6, 6.07) is 6.06. The fourth-order valence-corrected chi connectivity index (χ4v) is 4.12. The largest absolute Gasteiger partial charge is 0.497 e. The average Bonchev–Trinajstić information content (AvgIpc) is 2.43. The van der Waals surface area contributed by atoms with Crippen molar-refractivity contribution in [2.45, 2.75) is 36.8 Å². The highest BCUT2D eigenvalue weighted by molar-refractivity contribution is 5.47. The number of nitrogens with zero attached hydrogens (tertiary/aromatic N) is 1. The molecule has 1 aromatic rings. The lowest BCUT2D eigenvalue weighted by Crippen LogP contribution is -2.70. The van der Waals surface area contributed by atoms with E-state index in [9.17, 15) is 10.2 Å². The summed E-state index contributed by atoms with van der Waals surface area (Å²) >= 11 is 0. The van der Waals surface area contributed by atoms with E-state index in [0.29, 0.717) is 0 Å². The molecule has 0 amide bonds. The summed E-state index contributed by atoms with van der Waals surface area (Å²) in [5.41, 5.74) is 0.733. The summed E-state index contributed by atoms with van der Waals surface area (Å²) in [6.45, 7) is 2.72. The number of methoxy groups -OCH3 is 1. The molecule has 0 spiro atoms. The van der Waals surface area contributed by atoms with Gasteiger partial charge in [-0.05, 0) is 56.6 Å². The van der Waals surface area contributed by atoms with Gasteiger partial charge in [0.1, 0.15) is 5.75 Å². The number of hydrogen-bond acceptors (Lipinski definition) is 4. The van der Waals surface area contributed by atoms with E-state index in [1.165, 1.54) is 5.56 Å². The van der Waals surface area contributed by atoms with Gasteiger partial charge >= 0.3 is 0 Å². The smallest absolute Gasteiger partial charge is 0.119 e. The Balaban J connectivity index is 2.22. The topological polar surface area (TPSA) is 52.9 Å². The van der Waals surface area contributed by atoms with Crippen molar-refractivity contribution in [2.24, 2.45) is 0 Å². The van der Waals surface area contributed by atoms with E-state index < -0.39 is 11.0 Å². The van der Waals surface area contributed by atoms with Crippen molar-refractivity contribution in [2.75, 3.05) is 27.3 Å². The van der Waals surface area contributed by atoms with Gasteiger partial charge in [-0.15, -0.1) is 0 Å². The molecule has 110 valence electrons. The molecule has 20 heavy (non-hydrogen) atoms. The van der Waals surface area contributed by atoms with Crippen LogP contribution >= 0.6 is 0 Å². The van der Waals surface area contributed by atoms with Gasteiger partial charge in [0.15, 0.2) is 0 Å². The van der Waals surface area contributed by atoms with Crippen molar-refractivity contribution in [3.8, 4) is 5.75 Å². The Morgan fingerprint density at radius 2 is 2.20 bits per heavy atom. The number of benzene rings is 1. The molecule has 0 saturated carbocycles. The molecule has 4 nitrogen and oxygen atoms in total. The van der Waals surface area contributed by atoms with Crippen molar-refractivity contribution in [1.29, 1.82) is 0 Å². The highest BCUT2D eigenvalue weighted by Gasteiger charge is 2.59. The Morgan fingerprint density at radius 1 is 1.45 bits per heavy atom. The number of likely N-dealkylation sites (tertiary alicyclic amines) is 1. The van der Waals surface area contributed by atoms with Crippen molar-refractivity contribution >= 4 is 0 Å². The maximum Gasteiger partial charge on any atom is 0.119 e. The SMILES string of the molecule is COc1ccc2c(c1)C1(CO)CCN(C)C(C2)C1(C)O. The zero-order valence-electron chi connectivity index (χ0n) is 12.4. The molecular formula is C16H23NO3. The molecule has 2 N–H and O–H groups in total. The monoisotopic (exact) mass is 277 g/mol. The zero-order chi connectivity index (χ0) is 14.5.